The number of nitrogens with one attached hydrogen (secondary N) is 3. The summed E-state index contributed by atoms with van der Waals surface area (Å²) in [5.41, 5.74) is 0. The molecule has 0 radical (unpaired) electrons. The van der Waals surface area contributed by atoms with Crippen LogP contribution in [0.3, 0.4) is 0 Å². The van der Waals surface area contributed by atoms with E-state index in [1.807, 2.05) is 0 Å². The van der Waals surface area contributed by atoms with E-state index < -0.39 is 40.9 Å². The van der Waals surface area contributed by atoms with Gasteiger partial charge < -0.3 is 5.32 Å². The van der Waals surface area contributed by atoms with Crippen molar-refractivity contribution in [1.29, 1.82) is 0 Å². The fraction of sp³-hybridized carbons (Fsp3) is 0.900. The second-order valence-electron chi connectivity index (χ2n) is 4.88. The molecule has 0 aliphatic carbocycles. The zero-order valence-electron chi connectivity index (χ0n) is 11.3. The van der Waals surface area contributed by atoms with Gasteiger partial charge in [0.1, 0.15) is 0 Å². The van der Waals surface area contributed by atoms with Crippen LogP contribution in [0.5, 0.6) is 0 Å². The SMILES string of the molecule is CC(C)NS(=O)(=O)CCNC(=O)C1CC(F)(F)CN1.Cl. The first kappa shape index (κ1) is 19.5. The third-order valence-electron chi connectivity index (χ3n) is 2.51. The highest BCUT2D eigenvalue weighted by atomic mass is 35.5. The third-order valence-corrected chi connectivity index (χ3v) is 4.08. The summed E-state index contributed by atoms with van der Waals surface area (Å²) in [7, 11) is -3.46. The summed E-state index contributed by atoms with van der Waals surface area (Å²) >= 11 is 0. The van der Waals surface area contributed by atoms with E-state index in [-0.39, 0.29) is 30.7 Å². The topological polar surface area (TPSA) is 87.3 Å². The van der Waals surface area contributed by atoms with E-state index >= 15 is 0 Å². The van der Waals surface area contributed by atoms with E-state index in [0.717, 1.165) is 0 Å². The molecule has 0 aromatic carbocycles. The van der Waals surface area contributed by atoms with Crippen LogP contribution in [0.15, 0.2) is 0 Å². The Balaban J connectivity index is 0.00000361. The first-order valence-electron chi connectivity index (χ1n) is 6.00. The quantitative estimate of drug-likeness (QED) is 0.630. The van der Waals surface area contributed by atoms with Gasteiger partial charge in [0.05, 0.1) is 18.3 Å². The van der Waals surface area contributed by atoms with Crippen LogP contribution in [0.2, 0.25) is 0 Å². The molecule has 120 valence electrons. The first-order chi connectivity index (χ1) is 8.61. The monoisotopic (exact) mass is 335 g/mol. The van der Waals surface area contributed by atoms with Crippen LogP contribution in [-0.4, -0.2) is 51.2 Å². The lowest BCUT2D eigenvalue weighted by Crippen LogP contribution is -2.43. The number of hydrogen-bond acceptors (Lipinski definition) is 4. The molecule has 0 spiro atoms. The predicted octanol–water partition coefficient (Wildman–Crippen LogP) is -0.151. The van der Waals surface area contributed by atoms with Crippen molar-refractivity contribution in [3.8, 4) is 0 Å². The Morgan fingerprint density at radius 3 is 2.50 bits per heavy atom. The van der Waals surface area contributed by atoms with Gasteiger partial charge >= 0.3 is 0 Å². The Hall–Kier alpha value is -0.510. The molecule has 6 nitrogen and oxygen atoms in total. The fourth-order valence-corrected chi connectivity index (χ4v) is 2.96. The lowest BCUT2D eigenvalue weighted by molar-refractivity contribution is -0.123. The number of alkyl halides is 2. The molecule has 1 aliphatic heterocycles. The molecular formula is C10H20ClF2N3O3S. The molecule has 1 heterocycles. The largest absolute Gasteiger partial charge is 0.354 e. The van der Waals surface area contributed by atoms with Crippen molar-refractivity contribution in [3.05, 3.63) is 0 Å². The highest BCUT2D eigenvalue weighted by Crippen LogP contribution is 2.24. The predicted molar refractivity (Wildman–Crippen MR) is 73.7 cm³/mol. The maximum atomic E-state index is 12.9. The van der Waals surface area contributed by atoms with E-state index in [1.54, 1.807) is 13.8 Å². The Morgan fingerprint density at radius 2 is 2.05 bits per heavy atom. The van der Waals surface area contributed by atoms with Crippen molar-refractivity contribution in [3.63, 3.8) is 0 Å². The number of hydrogen-bond donors (Lipinski definition) is 3. The zero-order valence-corrected chi connectivity index (χ0v) is 12.9. The van der Waals surface area contributed by atoms with Crippen LogP contribution in [0.4, 0.5) is 8.78 Å². The maximum absolute atomic E-state index is 12.9. The number of rotatable bonds is 6. The van der Waals surface area contributed by atoms with Crippen LogP contribution in [0.1, 0.15) is 20.3 Å². The van der Waals surface area contributed by atoms with Gasteiger partial charge in [-0.15, -0.1) is 12.4 Å². The smallest absolute Gasteiger partial charge is 0.262 e. The highest BCUT2D eigenvalue weighted by Gasteiger charge is 2.42. The summed E-state index contributed by atoms with van der Waals surface area (Å²) < 4.78 is 51.0. The molecule has 1 unspecified atom stereocenters. The summed E-state index contributed by atoms with van der Waals surface area (Å²) in [5, 5.41) is 4.74. The third kappa shape index (κ3) is 6.78. The van der Waals surface area contributed by atoms with Gasteiger partial charge in [-0.3, -0.25) is 10.1 Å². The Kier molecular flexibility index (Phi) is 7.29. The van der Waals surface area contributed by atoms with Crippen molar-refractivity contribution in [1.82, 2.24) is 15.4 Å². The minimum absolute atomic E-state index is 0. The Morgan fingerprint density at radius 1 is 1.45 bits per heavy atom. The molecule has 1 amide bonds. The Labute approximate surface area is 123 Å². The van der Waals surface area contributed by atoms with Crippen LogP contribution in [0.25, 0.3) is 0 Å². The molecule has 1 rings (SSSR count). The molecule has 0 saturated carbocycles. The number of carbonyl (C=O) groups excluding carboxylic acids is 1. The molecular weight excluding hydrogens is 316 g/mol. The molecule has 1 aliphatic rings. The molecule has 3 N–H and O–H groups in total. The molecule has 0 aromatic rings. The average Bonchev–Trinajstić information content (AvgIpc) is 2.56. The summed E-state index contributed by atoms with van der Waals surface area (Å²) in [4.78, 5) is 11.5. The molecule has 1 saturated heterocycles. The standard InChI is InChI=1S/C10H19F2N3O3S.ClH/c1-7(2)15-19(17,18)4-3-13-9(16)8-5-10(11,12)6-14-8;/h7-8,14-15H,3-6H2,1-2H3,(H,13,16);1H. The molecule has 20 heavy (non-hydrogen) atoms. The van der Waals surface area contributed by atoms with Gasteiger partial charge in [0.25, 0.3) is 5.92 Å². The van der Waals surface area contributed by atoms with Crippen molar-refractivity contribution in [2.45, 2.75) is 38.3 Å². The number of amides is 1. The molecule has 1 atom stereocenters. The fourth-order valence-electron chi connectivity index (χ4n) is 1.75. The maximum Gasteiger partial charge on any atom is 0.262 e. The highest BCUT2D eigenvalue weighted by molar-refractivity contribution is 7.89. The number of halogens is 3. The molecule has 1 fully saturated rings. The summed E-state index contributed by atoms with van der Waals surface area (Å²) in [6, 6.07) is -1.19. The van der Waals surface area contributed by atoms with Crippen LogP contribution >= 0.6 is 12.4 Å². The van der Waals surface area contributed by atoms with E-state index in [9.17, 15) is 22.0 Å². The lowest BCUT2D eigenvalue weighted by Gasteiger charge is -2.12. The second kappa shape index (κ2) is 7.48. The second-order valence-corrected chi connectivity index (χ2v) is 6.75. The minimum Gasteiger partial charge on any atom is -0.354 e. The van der Waals surface area contributed by atoms with Crippen LogP contribution in [-0.2, 0) is 14.8 Å². The van der Waals surface area contributed by atoms with Gasteiger partial charge in [-0.25, -0.2) is 21.9 Å². The first-order valence-corrected chi connectivity index (χ1v) is 7.65. The lowest BCUT2D eigenvalue weighted by atomic mass is 10.2. The van der Waals surface area contributed by atoms with E-state index in [1.165, 1.54) is 0 Å². The van der Waals surface area contributed by atoms with Gasteiger partial charge in [-0.05, 0) is 13.8 Å². The van der Waals surface area contributed by atoms with Crippen molar-refractivity contribution < 1.29 is 22.0 Å². The van der Waals surface area contributed by atoms with Gasteiger partial charge in [0.15, 0.2) is 0 Å². The average molecular weight is 336 g/mol. The zero-order chi connectivity index (χ0) is 14.7. The minimum atomic E-state index is -3.46. The van der Waals surface area contributed by atoms with Crippen molar-refractivity contribution >= 4 is 28.3 Å². The Bertz CT molecular complexity index is 431. The van der Waals surface area contributed by atoms with Crippen LogP contribution in [0, 0.1) is 0 Å². The van der Waals surface area contributed by atoms with Gasteiger partial charge in [-0.2, -0.15) is 0 Å². The van der Waals surface area contributed by atoms with E-state index in [4.69, 9.17) is 0 Å². The molecule has 0 bridgehead atoms. The van der Waals surface area contributed by atoms with Gasteiger partial charge in [0, 0.05) is 19.0 Å². The van der Waals surface area contributed by atoms with E-state index in [0.29, 0.717) is 0 Å². The molecule has 0 aromatic heterocycles. The normalized spacial score (nSPS) is 21.6. The van der Waals surface area contributed by atoms with E-state index in [2.05, 4.69) is 15.4 Å². The molecule has 10 heteroatoms. The summed E-state index contributed by atoms with van der Waals surface area (Å²) in [6.07, 6.45) is -0.560. The van der Waals surface area contributed by atoms with Crippen LogP contribution < -0.4 is 15.4 Å². The number of carbonyl (C=O) groups is 1. The summed E-state index contributed by atoms with van der Waals surface area (Å²) in [5.74, 6) is -3.76. The van der Waals surface area contributed by atoms with Gasteiger partial charge in [0.2, 0.25) is 15.9 Å². The number of sulfonamides is 1. The summed E-state index contributed by atoms with van der Waals surface area (Å²) in [6.45, 7) is 2.73. The van der Waals surface area contributed by atoms with Gasteiger partial charge in [-0.1, -0.05) is 0 Å². The van der Waals surface area contributed by atoms with Crippen molar-refractivity contribution in [2.24, 2.45) is 0 Å². The van der Waals surface area contributed by atoms with Crippen molar-refractivity contribution in [2.75, 3.05) is 18.8 Å².